The van der Waals surface area contributed by atoms with Gasteiger partial charge in [0.25, 0.3) is 5.91 Å². The van der Waals surface area contributed by atoms with Gasteiger partial charge in [-0.1, -0.05) is 24.0 Å². The van der Waals surface area contributed by atoms with Gasteiger partial charge in [-0.05, 0) is 24.6 Å². The highest BCUT2D eigenvalue weighted by atomic mass is 16.2. The Morgan fingerprint density at radius 3 is 2.95 bits per heavy atom. The topological polar surface area (TPSA) is 67.2 Å². The lowest BCUT2D eigenvalue weighted by atomic mass is 10.1. The number of nitrogens with one attached hydrogen (secondary N) is 1. The Hall–Kier alpha value is -2.58. The van der Waals surface area contributed by atoms with Crippen LogP contribution in [0.15, 0.2) is 30.5 Å². The SMILES string of the molecule is Cc1c(C(=O)NCc2cccc(C#CCO)c2)cnn1C. The Labute approximate surface area is 123 Å². The Morgan fingerprint density at radius 2 is 2.29 bits per heavy atom. The summed E-state index contributed by atoms with van der Waals surface area (Å²) in [7, 11) is 1.80. The van der Waals surface area contributed by atoms with Gasteiger partial charge in [0.2, 0.25) is 0 Å². The monoisotopic (exact) mass is 283 g/mol. The minimum Gasteiger partial charge on any atom is -0.384 e. The highest BCUT2D eigenvalue weighted by molar-refractivity contribution is 5.94. The summed E-state index contributed by atoms with van der Waals surface area (Å²) in [6.45, 7) is 2.11. The molecule has 1 heterocycles. The molecule has 0 aliphatic rings. The van der Waals surface area contributed by atoms with Crippen LogP contribution in [0.2, 0.25) is 0 Å². The van der Waals surface area contributed by atoms with Crippen LogP contribution < -0.4 is 5.32 Å². The van der Waals surface area contributed by atoms with Crippen LogP contribution >= 0.6 is 0 Å². The number of aliphatic hydroxyl groups excluding tert-OH is 1. The molecule has 2 N–H and O–H groups in total. The molecule has 1 amide bonds. The van der Waals surface area contributed by atoms with Crippen molar-refractivity contribution in [3.63, 3.8) is 0 Å². The number of nitrogens with zero attached hydrogens (tertiary/aromatic N) is 2. The van der Waals surface area contributed by atoms with E-state index in [0.717, 1.165) is 16.8 Å². The van der Waals surface area contributed by atoms with Crippen molar-refractivity contribution in [2.75, 3.05) is 6.61 Å². The zero-order chi connectivity index (χ0) is 15.2. The van der Waals surface area contributed by atoms with Gasteiger partial charge in [-0.15, -0.1) is 0 Å². The van der Waals surface area contributed by atoms with Crippen LogP contribution in [0.25, 0.3) is 0 Å². The van der Waals surface area contributed by atoms with E-state index in [-0.39, 0.29) is 12.5 Å². The third-order valence-electron chi connectivity index (χ3n) is 3.17. The number of carbonyl (C=O) groups is 1. The van der Waals surface area contributed by atoms with Crippen LogP contribution in [-0.2, 0) is 13.6 Å². The molecule has 0 spiro atoms. The minimum atomic E-state index is -0.165. The quantitative estimate of drug-likeness (QED) is 0.826. The Balaban J connectivity index is 2.03. The van der Waals surface area contributed by atoms with Crippen LogP contribution in [0.5, 0.6) is 0 Å². The first-order chi connectivity index (χ1) is 10.1. The fourth-order valence-corrected chi connectivity index (χ4v) is 1.90. The van der Waals surface area contributed by atoms with E-state index in [1.807, 2.05) is 31.2 Å². The average Bonchev–Trinajstić information content (AvgIpc) is 2.83. The molecule has 0 aliphatic carbocycles. The Bertz CT molecular complexity index is 708. The number of aryl methyl sites for hydroxylation is 1. The van der Waals surface area contributed by atoms with E-state index in [1.54, 1.807) is 17.9 Å². The first-order valence-electron chi connectivity index (χ1n) is 6.57. The molecule has 0 aliphatic heterocycles. The first kappa shape index (κ1) is 14.8. The predicted molar refractivity (Wildman–Crippen MR) is 79.5 cm³/mol. The van der Waals surface area contributed by atoms with Crippen molar-refractivity contribution in [3.05, 3.63) is 52.8 Å². The molecule has 0 unspecified atom stereocenters. The summed E-state index contributed by atoms with van der Waals surface area (Å²) in [4.78, 5) is 12.1. The molecule has 1 aromatic carbocycles. The fourth-order valence-electron chi connectivity index (χ4n) is 1.90. The van der Waals surface area contributed by atoms with Crippen molar-refractivity contribution in [1.29, 1.82) is 0 Å². The average molecular weight is 283 g/mol. The second-order valence-corrected chi connectivity index (χ2v) is 4.61. The number of aliphatic hydroxyl groups is 1. The molecule has 0 atom stereocenters. The van der Waals surface area contributed by atoms with Crippen LogP contribution in [0.4, 0.5) is 0 Å². The van der Waals surface area contributed by atoms with Gasteiger partial charge in [0, 0.05) is 24.8 Å². The van der Waals surface area contributed by atoms with Gasteiger partial charge < -0.3 is 10.4 Å². The summed E-state index contributed by atoms with van der Waals surface area (Å²) >= 11 is 0. The number of rotatable bonds is 3. The lowest BCUT2D eigenvalue weighted by Gasteiger charge is -2.05. The van der Waals surface area contributed by atoms with Crippen molar-refractivity contribution in [1.82, 2.24) is 15.1 Å². The van der Waals surface area contributed by atoms with E-state index < -0.39 is 0 Å². The molecule has 0 saturated carbocycles. The molecule has 0 fully saturated rings. The number of aromatic nitrogens is 2. The van der Waals surface area contributed by atoms with Crippen molar-refractivity contribution < 1.29 is 9.90 Å². The fraction of sp³-hybridized carbons (Fsp3) is 0.250. The summed E-state index contributed by atoms with van der Waals surface area (Å²) in [5, 5.41) is 15.6. The molecule has 108 valence electrons. The maximum Gasteiger partial charge on any atom is 0.255 e. The number of hydrogen-bond acceptors (Lipinski definition) is 3. The third kappa shape index (κ3) is 3.71. The van der Waals surface area contributed by atoms with E-state index in [0.29, 0.717) is 12.1 Å². The molecule has 2 aromatic rings. The number of hydrogen-bond donors (Lipinski definition) is 2. The van der Waals surface area contributed by atoms with Crippen LogP contribution in [0, 0.1) is 18.8 Å². The van der Waals surface area contributed by atoms with E-state index in [1.165, 1.54) is 0 Å². The van der Waals surface area contributed by atoms with Gasteiger partial charge in [-0.25, -0.2) is 0 Å². The van der Waals surface area contributed by atoms with Gasteiger partial charge >= 0.3 is 0 Å². The zero-order valence-electron chi connectivity index (χ0n) is 12.1. The highest BCUT2D eigenvalue weighted by Crippen LogP contribution is 2.07. The molecule has 2 rings (SSSR count). The third-order valence-corrected chi connectivity index (χ3v) is 3.17. The van der Waals surface area contributed by atoms with E-state index >= 15 is 0 Å². The molecular weight excluding hydrogens is 266 g/mol. The number of benzene rings is 1. The zero-order valence-corrected chi connectivity index (χ0v) is 12.1. The van der Waals surface area contributed by atoms with Crippen LogP contribution in [-0.4, -0.2) is 27.4 Å². The van der Waals surface area contributed by atoms with Crippen LogP contribution in [0.3, 0.4) is 0 Å². The summed E-state index contributed by atoms with van der Waals surface area (Å²) in [6.07, 6.45) is 1.56. The van der Waals surface area contributed by atoms with Crippen molar-refractivity contribution in [3.8, 4) is 11.8 Å². The largest absolute Gasteiger partial charge is 0.384 e. The second-order valence-electron chi connectivity index (χ2n) is 4.61. The summed E-state index contributed by atoms with van der Waals surface area (Å²) < 4.78 is 1.67. The standard InChI is InChI=1S/C16H17N3O2/c1-12-15(11-18-19(12)2)16(21)17-10-14-6-3-5-13(9-14)7-4-8-20/h3,5-6,9,11,20H,8,10H2,1-2H3,(H,17,21). The van der Waals surface area contributed by atoms with E-state index in [9.17, 15) is 4.79 Å². The maximum absolute atomic E-state index is 12.1. The smallest absolute Gasteiger partial charge is 0.255 e. The van der Waals surface area contributed by atoms with Gasteiger partial charge in [0.1, 0.15) is 6.61 Å². The molecule has 5 heteroatoms. The molecular formula is C16H17N3O2. The predicted octanol–water partition coefficient (Wildman–Crippen LogP) is 1.00. The summed E-state index contributed by atoms with van der Waals surface area (Å²) in [5.41, 5.74) is 3.17. The summed E-state index contributed by atoms with van der Waals surface area (Å²) in [6, 6.07) is 7.54. The Morgan fingerprint density at radius 1 is 1.48 bits per heavy atom. The first-order valence-corrected chi connectivity index (χ1v) is 6.57. The second kappa shape index (κ2) is 6.73. The lowest BCUT2D eigenvalue weighted by Crippen LogP contribution is -2.23. The van der Waals surface area contributed by atoms with Crippen molar-refractivity contribution in [2.45, 2.75) is 13.5 Å². The minimum absolute atomic E-state index is 0.146. The molecule has 21 heavy (non-hydrogen) atoms. The molecule has 0 bridgehead atoms. The Kier molecular flexibility index (Phi) is 4.75. The van der Waals surface area contributed by atoms with Crippen molar-refractivity contribution in [2.24, 2.45) is 7.05 Å². The van der Waals surface area contributed by atoms with Gasteiger partial charge in [-0.2, -0.15) is 5.10 Å². The van der Waals surface area contributed by atoms with E-state index in [2.05, 4.69) is 22.3 Å². The van der Waals surface area contributed by atoms with Crippen LogP contribution in [0.1, 0.15) is 27.2 Å². The number of amides is 1. The van der Waals surface area contributed by atoms with Crippen molar-refractivity contribution >= 4 is 5.91 Å². The maximum atomic E-state index is 12.1. The summed E-state index contributed by atoms with van der Waals surface area (Å²) in [5.74, 6) is 5.29. The van der Waals surface area contributed by atoms with Gasteiger partial charge in [0.15, 0.2) is 0 Å². The number of carbonyl (C=O) groups excluding carboxylic acids is 1. The molecule has 0 radical (unpaired) electrons. The lowest BCUT2D eigenvalue weighted by molar-refractivity contribution is 0.0950. The molecule has 0 saturated heterocycles. The molecule has 5 nitrogen and oxygen atoms in total. The van der Waals surface area contributed by atoms with E-state index in [4.69, 9.17) is 5.11 Å². The van der Waals surface area contributed by atoms with Gasteiger partial charge in [-0.3, -0.25) is 9.48 Å². The normalized spacial score (nSPS) is 9.86. The molecule has 1 aromatic heterocycles. The highest BCUT2D eigenvalue weighted by Gasteiger charge is 2.12. The van der Waals surface area contributed by atoms with Gasteiger partial charge in [0.05, 0.1) is 11.8 Å².